The van der Waals surface area contributed by atoms with Crippen LogP contribution in [0.2, 0.25) is 0 Å². The van der Waals surface area contributed by atoms with Crippen LogP contribution in [-0.2, 0) is 9.53 Å². The fraction of sp³-hybridized carbons (Fsp3) is 0.773. The first kappa shape index (κ1) is 20.2. The minimum absolute atomic E-state index is 0.185. The summed E-state index contributed by atoms with van der Waals surface area (Å²) in [4.78, 5) is 10.7. The first-order valence-corrected chi connectivity index (χ1v) is 9.95. The zero-order valence-corrected chi connectivity index (χ0v) is 16.4. The highest BCUT2D eigenvalue weighted by molar-refractivity contribution is 5.67. The molecule has 2 fully saturated rings. The average molecular weight is 349 g/mol. The van der Waals surface area contributed by atoms with Crippen molar-refractivity contribution < 1.29 is 14.6 Å². The maximum atomic E-state index is 10.7. The van der Waals surface area contributed by atoms with E-state index in [-0.39, 0.29) is 6.42 Å². The molecule has 1 N–H and O–H groups in total. The molecule has 1 unspecified atom stereocenters. The van der Waals surface area contributed by atoms with Crippen molar-refractivity contribution in [2.45, 2.75) is 78.6 Å². The number of aliphatic carboxylic acids is 1. The van der Waals surface area contributed by atoms with Gasteiger partial charge in [0.05, 0.1) is 6.61 Å². The minimum atomic E-state index is -0.746. The Hall–Kier alpha value is -1.09. The van der Waals surface area contributed by atoms with Crippen LogP contribution < -0.4 is 0 Å². The molecule has 3 nitrogen and oxygen atoms in total. The first-order valence-electron chi connectivity index (χ1n) is 9.95. The molecule has 1 spiro atoms. The van der Waals surface area contributed by atoms with Crippen molar-refractivity contribution in [2.75, 3.05) is 13.2 Å². The van der Waals surface area contributed by atoms with Gasteiger partial charge in [0.25, 0.3) is 0 Å². The van der Waals surface area contributed by atoms with E-state index in [9.17, 15) is 4.79 Å². The number of ether oxygens (including phenoxy) is 1. The van der Waals surface area contributed by atoms with E-state index in [0.717, 1.165) is 12.2 Å². The van der Waals surface area contributed by atoms with E-state index in [0.29, 0.717) is 29.8 Å². The lowest BCUT2D eigenvalue weighted by molar-refractivity contribution is -0.136. The van der Waals surface area contributed by atoms with Gasteiger partial charge < -0.3 is 9.84 Å². The quantitative estimate of drug-likeness (QED) is 0.448. The Morgan fingerprint density at radius 3 is 2.56 bits per heavy atom. The molecule has 1 atom stereocenters. The van der Waals surface area contributed by atoms with Gasteiger partial charge in [0.2, 0.25) is 0 Å². The molecule has 0 aromatic heterocycles. The predicted octanol–water partition coefficient (Wildman–Crippen LogP) is 5.76. The minimum Gasteiger partial charge on any atom is -0.481 e. The molecule has 0 aliphatic heterocycles. The molecule has 0 bridgehead atoms. The molecule has 2 aliphatic rings. The standard InChI is InChI=1S/C22H36O3/c1-4-18(9-10-20(23)24)8-7-13-25-16-19-14-21(2,3)17-22(15-19)11-5-6-12-22/h4,7-8,19H,5-6,9-17H2,1-3H3,(H,23,24)/b8-7-,18-4+. The van der Waals surface area contributed by atoms with Gasteiger partial charge in [-0.05, 0) is 62.2 Å². The molecule has 0 aromatic carbocycles. The summed E-state index contributed by atoms with van der Waals surface area (Å²) < 4.78 is 5.96. The number of hydrogen-bond donors (Lipinski definition) is 1. The van der Waals surface area contributed by atoms with Crippen molar-refractivity contribution in [2.24, 2.45) is 16.7 Å². The molecule has 0 saturated heterocycles. The van der Waals surface area contributed by atoms with Gasteiger partial charge >= 0.3 is 5.97 Å². The summed E-state index contributed by atoms with van der Waals surface area (Å²) in [6, 6.07) is 0. The van der Waals surface area contributed by atoms with Crippen molar-refractivity contribution in [3.63, 3.8) is 0 Å². The Morgan fingerprint density at radius 2 is 1.92 bits per heavy atom. The van der Waals surface area contributed by atoms with Crippen LogP contribution in [0.1, 0.15) is 78.6 Å². The van der Waals surface area contributed by atoms with E-state index in [1.807, 2.05) is 25.2 Å². The van der Waals surface area contributed by atoms with Crippen molar-refractivity contribution >= 4 is 5.97 Å². The highest BCUT2D eigenvalue weighted by Crippen LogP contribution is 2.56. The Kier molecular flexibility index (Phi) is 7.30. The van der Waals surface area contributed by atoms with Gasteiger partial charge in [0, 0.05) is 13.0 Å². The van der Waals surface area contributed by atoms with Crippen LogP contribution >= 0.6 is 0 Å². The zero-order valence-electron chi connectivity index (χ0n) is 16.4. The second-order valence-corrected chi connectivity index (χ2v) is 9.02. The second-order valence-electron chi connectivity index (χ2n) is 9.02. The Balaban J connectivity index is 1.75. The van der Waals surface area contributed by atoms with Gasteiger partial charge in [-0.3, -0.25) is 4.79 Å². The maximum Gasteiger partial charge on any atom is 0.303 e. The van der Waals surface area contributed by atoms with Gasteiger partial charge in [-0.1, -0.05) is 50.5 Å². The van der Waals surface area contributed by atoms with Crippen LogP contribution in [0.25, 0.3) is 0 Å². The molecular weight excluding hydrogens is 312 g/mol. The lowest BCUT2D eigenvalue weighted by Gasteiger charge is -2.47. The van der Waals surface area contributed by atoms with Crippen LogP contribution in [-0.4, -0.2) is 24.3 Å². The fourth-order valence-electron chi connectivity index (χ4n) is 5.33. The lowest BCUT2D eigenvalue weighted by Crippen LogP contribution is -2.37. The number of carbonyl (C=O) groups is 1. The summed E-state index contributed by atoms with van der Waals surface area (Å²) in [5.41, 5.74) is 2.11. The molecule has 0 aromatic rings. The van der Waals surface area contributed by atoms with E-state index in [1.54, 1.807) is 0 Å². The molecule has 2 rings (SSSR count). The fourth-order valence-corrected chi connectivity index (χ4v) is 5.33. The summed E-state index contributed by atoms with van der Waals surface area (Å²) in [6.07, 6.45) is 16.5. The van der Waals surface area contributed by atoms with Crippen LogP contribution in [0, 0.1) is 16.7 Å². The molecule has 0 amide bonds. The SMILES string of the molecule is C/C=C(\C=C/COCC1CC(C)(C)CC2(CCCC2)C1)CCC(=O)O. The summed E-state index contributed by atoms with van der Waals surface area (Å²) in [6.45, 7) is 8.29. The Bertz CT molecular complexity index is 495. The first-order chi connectivity index (χ1) is 11.8. The molecule has 142 valence electrons. The van der Waals surface area contributed by atoms with Crippen LogP contribution in [0.3, 0.4) is 0 Å². The van der Waals surface area contributed by atoms with Gasteiger partial charge in [0.15, 0.2) is 0 Å². The number of carboxylic acid groups (broad SMARTS) is 1. The summed E-state index contributed by atoms with van der Waals surface area (Å²) in [5.74, 6) is -0.0618. The third kappa shape index (κ3) is 6.62. The zero-order chi connectivity index (χ0) is 18.3. The van der Waals surface area contributed by atoms with E-state index < -0.39 is 5.97 Å². The highest BCUT2D eigenvalue weighted by atomic mass is 16.5. The van der Waals surface area contributed by atoms with Crippen LogP contribution in [0.4, 0.5) is 0 Å². The maximum absolute atomic E-state index is 10.7. The molecule has 3 heteroatoms. The molecule has 0 heterocycles. The summed E-state index contributed by atoms with van der Waals surface area (Å²) >= 11 is 0. The van der Waals surface area contributed by atoms with E-state index in [1.165, 1.54) is 44.9 Å². The van der Waals surface area contributed by atoms with Crippen LogP contribution in [0.15, 0.2) is 23.8 Å². The van der Waals surface area contributed by atoms with E-state index in [4.69, 9.17) is 9.84 Å². The Labute approximate surface area is 153 Å². The van der Waals surface area contributed by atoms with Crippen molar-refractivity contribution in [3.05, 3.63) is 23.8 Å². The largest absolute Gasteiger partial charge is 0.481 e. The number of carboxylic acids is 1. The molecular formula is C22H36O3. The summed E-state index contributed by atoms with van der Waals surface area (Å²) in [7, 11) is 0. The lowest BCUT2D eigenvalue weighted by atomic mass is 9.59. The van der Waals surface area contributed by atoms with E-state index in [2.05, 4.69) is 13.8 Å². The monoisotopic (exact) mass is 348 g/mol. The van der Waals surface area contributed by atoms with Gasteiger partial charge in [-0.25, -0.2) is 0 Å². The molecule has 2 saturated carbocycles. The van der Waals surface area contributed by atoms with Crippen molar-refractivity contribution in [3.8, 4) is 0 Å². The van der Waals surface area contributed by atoms with Gasteiger partial charge in [-0.2, -0.15) is 0 Å². The smallest absolute Gasteiger partial charge is 0.303 e. The number of rotatable bonds is 8. The highest BCUT2D eigenvalue weighted by Gasteiger charge is 2.45. The van der Waals surface area contributed by atoms with Crippen molar-refractivity contribution in [1.29, 1.82) is 0 Å². The Morgan fingerprint density at radius 1 is 1.20 bits per heavy atom. The van der Waals surface area contributed by atoms with Crippen LogP contribution in [0.5, 0.6) is 0 Å². The third-order valence-electron chi connectivity index (χ3n) is 5.98. The number of allylic oxidation sites excluding steroid dienone is 3. The van der Waals surface area contributed by atoms with Gasteiger partial charge in [-0.15, -0.1) is 0 Å². The normalized spacial score (nSPS) is 25.7. The topological polar surface area (TPSA) is 46.5 Å². The molecule has 2 aliphatic carbocycles. The number of hydrogen-bond acceptors (Lipinski definition) is 2. The van der Waals surface area contributed by atoms with Gasteiger partial charge in [0.1, 0.15) is 0 Å². The second kappa shape index (κ2) is 9.02. The summed E-state index contributed by atoms with van der Waals surface area (Å²) in [5, 5.41) is 8.77. The van der Waals surface area contributed by atoms with E-state index >= 15 is 0 Å². The average Bonchev–Trinajstić information content (AvgIpc) is 2.95. The van der Waals surface area contributed by atoms with Crippen molar-refractivity contribution in [1.82, 2.24) is 0 Å². The predicted molar refractivity (Wildman–Crippen MR) is 103 cm³/mol. The third-order valence-corrected chi connectivity index (χ3v) is 5.98. The molecule has 25 heavy (non-hydrogen) atoms. The molecule has 0 radical (unpaired) electrons.